The summed E-state index contributed by atoms with van der Waals surface area (Å²) in [5, 5.41) is 1.28. The molecule has 2 aromatic carbocycles. The van der Waals surface area contributed by atoms with E-state index in [0.29, 0.717) is 22.3 Å². The van der Waals surface area contributed by atoms with Crippen molar-refractivity contribution in [3.63, 3.8) is 0 Å². The van der Waals surface area contributed by atoms with Crippen LogP contribution in [0.5, 0.6) is 11.5 Å². The summed E-state index contributed by atoms with van der Waals surface area (Å²) in [6.45, 7) is 0.0595. The smallest absolute Gasteiger partial charge is 0.418 e. The average Bonchev–Trinajstić information content (AvgIpc) is 3.16. The van der Waals surface area contributed by atoms with Gasteiger partial charge in [-0.25, -0.2) is 0 Å². The highest BCUT2D eigenvalue weighted by Crippen LogP contribution is 2.41. The van der Waals surface area contributed by atoms with Crippen LogP contribution in [0.4, 0.5) is 13.2 Å². The zero-order chi connectivity index (χ0) is 19.5. The highest BCUT2D eigenvalue weighted by atomic mass is 19.4. The van der Waals surface area contributed by atoms with Crippen LogP contribution in [0.25, 0.3) is 33.0 Å². The van der Waals surface area contributed by atoms with E-state index in [1.807, 2.05) is 0 Å². The molecule has 0 bridgehead atoms. The molecule has 0 radical (unpaired) electrons. The summed E-state index contributed by atoms with van der Waals surface area (Å²) in [6, 6.07) is 8.66. The van der Waals surface area contributed by atoms with Crippen molar-refractivity contribution in [1.82, 2.24) is 4.98 Å². The van der Waals surface area contributed by atoms with Gasteiger partial charge in [-0.1, -0.05) is 0 Å². The maximum Gasteiger partial charge on any atom is 0.418 e. The van der Waals surface area contributed by atoms with Gasteiger partial charge in [-0.15, -0.1) is 0 Å². The van der Waals surface area contributed by atoms with Crippen molar-refractivity contribution < 1.29 is 27.1 Å². The molecule has 0 aliphatic carbocycles. The van der Waals surface area contributed by atoms with Crippen molar-refractivity contribution in [3.8, 4) is 22.8 Å². The van der Waals surface area contributed by atoms with E-state index in [4.69, 9.17) is 13.9 Å². The van der Waals surface area contributed by atoms with Gasteiger partial charge in [-0.3, -0.25) is 9.78 Å². The number of hydrogen-bond acceptors (Lipinski definition) is 5. The van der Waals surface area contributed by atoms with Gasteiger partial charge in [0.05, 0.1) is 22.2 Å². The van der Waals surface area contributed by atoms with Crippen molar-refractivity contribution >= 4 is 21.7 Å². The summed E-state index contributed by atoms with van der Waals surface area (Å²) in [6.07, 6.45) is -2.44. The first kappa shape index (κ1) is 16.6. The van der Waals surface area contributed by atoms with Gasteiger partial charge in [0.2, 0.25) is 12.2 Å². The van der Waals surface area contributed by atoms with Crippen LogP contribution in [0, 0.1) is 0 Å². The fourth-order valence-corrected chi connectivity index (χ4v) is 3.41. The first-order valence-electron chi connectivity index (χ1n) is 8.24. The van der Waals surface area contributed by atoms with E-state index in [2.05, 4.69) is 4.98 Å². The lowest BCUT2D eigenvalue weighted by molar-refractivity contribution is -0.137. The number of fused-ring (bicyclic) bond motifs is 5. The fourth-order valence-electron chi connectivity index (χ4n) is 3.41. The Kier molecular flexibility index (Phi) is 3.39. The average molecular weight is 385 g/mol. The number of alkyl halides is 3. The number of benzene rings is 2. The lowest BCUT2D eigenvalue weighted by Crippen LogP contribution is -2.13. The Labute approximate surface area is 154 Å². The number of aromatic nitrogens is 1. The second-order valence-corrected chi connectivity index (χ2v) is 6.21. The third-order valence-electron chi connectivity index (χ3n) is 4.64. The summed E-state index contributed by atoms with van der Waals surface area (Å²) in [7, 11) is 0. The number of pyridine rings is 1. The predicted molar refractivity (Wildman–Crippen MR) is 94.3 cm³/mol. The third-order valence-corrected chi connectivity index (χ3v) is 4.64. The molecule has 0 saturated heterocycles. The molecular formula is C20H10F3NO4. The lowest BCUT2D eigenvalue weighted by Gasteiger charge is -2.12. The molecule has 1 aliphatic rings. The van der Waals surface area contributed by atoms with Gasteiger partial charge in [-0.2, -0.15) is 13.2 Å². The maximum atomic E-state index is 13.4. The topological polar surface area (TPSA) is 61.6 Å². The van der Waals surface area contributed by atoms with Gasteiger partial charge in [0, 0.05) is 17.0 Å². The molecule has 0 N–H and O–H groups in total. The molecule has 4 aromatic rings. The second kappa shape index (κ2) is 5.72. The van der Waals surface area contributed by atoms with E-state index in [-0.39, 0.29) is 23.3 Å². The summed E-state index contributed by atoms with van der Waals surface area (Å²) >= 11 is 0. The molecule has 0 spiro atoms. The number of hydrogen-bond donors (Lipinski definition) is 0. The molecule has 0 amide bonds. The molecule has 28 heavy (non-hydrogen) atoms. The van der Waals surface area contributed by atoms with Gasteiger partial charge in [0.15, 0.2) is 11.5 Å². The Bertz CT molecular complexity index is 1310. The second-order valence-electron chi connectivity index (χ2n) is 6.21. The molecule has 3 heterocycles. The largest absolute Gasteiger partial charge is 0.463 e. The van der Waals surface area contributed by atoms with Gasteiger partial charge < -0.3 is 13.9 Å². The van der Waals surface area contributed by atoms with E-state index in [1.54, 1.807) is 24.3 Å². The van der Waals surface area contributed by atoms with Gasteiger partial charge >= 0.3 is 6.18 Å². The SMILES string of the molecule is O=c1c(-c2ncccc2C(F)(F)F)coc2ccc3c4c(ccc3c12)OCO4. The first-order valence-corrected chi connectivity index (χ1v) is 8.24. The van der Waals surface area contributed by atoms with Crippen LogP contribution in [-0.4, -0.2) is 11.8 Å². The molecule has 140 valence electrons. The predicted octanol–water partition coefficient (Wildman–Crippen LogP) is 4.76. The highest BCUT2D eigenvalue weighted by molar-refractivity contribution is 6.09. The fraction of sp³-hybridized carbons (Fsp3) is 0.100. The Morgan fingerprint density at radius 1 is 1.00 bits per heavy atom. The summed E-state index contributed by atoms with van der Waals surface area (Å²) in [5.41, 5.74) is -2.08. The number of halogens is 3. The van der Waals surface area contributed by atoms with E-state index in [9.17, 15) is 18.0 Å². The number of rotatable bonds is 1. The Hall–Kier alpha value is -3.55. The number of ether oxygens (including phenoxy) is 2. The van der Waals surface area contributed by atoms with Crippen molar-refractivity contribution in [2.45, 2.75) is 6.18 Å². The van der Waals surface area contributed by atoms with Crippen LogP contribution in [0.15, 0.2) is 58.1 Å². The van der Waals surface area contributed by atoms with Crippen LogP contribution in [0.3, 0.4) is 0 Å². The van der Waals surface area contributed by atoms with Crippen LogP contribution in [-0.2, 0) is 6.18 Å². The van der Waals surface area contributed by atoms with E-state index in [0.717, 1.165) is 12.3 Å². The first-order chi connectivity index (χ1) is 13.4. The molecule has 1 aliphatic heterocycles. The maximum absolute atomic E-state index is 13.4. The van der Waals surface area contributed by atoms with Crippen LogP contribution in [0.2, 0.25) is 0 Å². The minimum Gasteiger partial charge on any atom is -0.463 e. The Balaban J connectivity index is 1.86. The van der Waals surface area contributed by atoms with E-state index in [1.165, 1.54) is 12.3 Å². The van der Waals surface area contributed by atoms with Crippen molar-refractivity contribution in [2.75, 3.05) is 6.79 Å². The molecule has 5 nitrogen and oxygen atoms in total. The van der Waals surface area contributed by atoms with Crippen molar-refractivity contribution in [1.29, 1.82) is 0 Å². The van der Waals surface area contributed by atoms with Crippen LogP contribution in [0.1, 0.15) is 5.56 Å². The minimum absolute atomic E-state index is 0.0595. The Morgan fingerprint density at radius 2 is 1.82 bits per heavy atom. The van der Waals surface area contributed by atoms with Crippen molar-refractivity contribution in [3.05, 3.63) is 64.6 Å². The monoisotopic (exact) mass is 385 g/mol. The molecule has 2 aromatic heterocycles. The molecule has 8 heteroatoms. The standard InChI is InChI=1S/C20H10F3NO4/c21-20(22,23)13-2-1-7-24-17(13)12-8-26-14-5-4-11-10(16(14)18(12)25)3-6-15-19(11)28-9-27-15/h1-8H,9H2. The lowest BCUT2D eigenvalue weighted by atomic mass is 10.0. The molecular weight excluding hydrogens is 375 g/mol. The summed E-state index contributed by atoms with van der Waals surface area (Å²) in [4.78, 5) is 17.0. The van der Waals surface area contributed by atoms with Crippen LogP contribution >= 0.6 is 0 Å². The van der Waals surface area contributed by atoms with E-state index >= 15 is 0 Å². The highest BCUT2D eigenvalue weighted by Gasteiger charge is 2.35. The minimum atomic E-state index is -4.66. The summed E-state index contributed by atoms with van der Waals surface area (Å²) in [5.74, 6) is 1.02. The van der Waals surface area contributed by atoms with Crippen molar-refractivity contribution in [2.24, 2.45) is 0 Å². The summed E-state index contributed by atoms with van der Waals surface area (Å²) < 4.78 is 56.4. The quantitative estimate of drug-likeness (QED) is 0.442. The molecule has 5 rings (SSSR count). The normalized spacial score (nSPS) is 13.4. The van der Waals surface area contributed by atoms with E-state index < -0.39 is 22.9 Å². The van der Waals surface area contributed by atoms with Crippen LogP contribution < -0.4 is 14.9 Å². The molecule has 0 unspecified atom stereocenters. The number of nitrogens with zero attached hydrogens (tertiary/aromatic N) is 1. The van der Waals surface area contributed by atoms with Gasteiger partial charge in [0.25, 0.3) is 0 Å². The van der Waals surface area contributed by atoms with Gasteiger partial charge in [-0.05, 0) is 36.4 Å². The van der Waals surface area contributed by atoms with Gasteiger partial charge in [0.1, 0.15) is 11.8 Å². The third kappa shape index (κ3) is 2.34. The molecule has 0 saturated carbocycles. The Morgan fingerprint density at radius 3 is 2.64 bits per heavy atom. The molecule has 0 atom stereocenters. The zero-order valence-electron chi connectivity index (χ0n) is 14.0. The zero-order valence-corrected chi connectivity index (χ0v) is 14.0. The molecule has 0 fully saturated rings.